The molecule has 0 aromatic heterocycles. The van der Waals surface area contributed by atoms with Crippen molar-refractivity contribution in [3.05, 3.63) is 83.9 Å². The molecule has 3 amide bonds. The van der Waals surface area contributed by atoms with Crippen LogP contribution in [0.25, 0.3) is 0 Å². The average Bonchev–Trinajstić information content (AvgIpc) is 3.15. The molecule has 0 radical (unpaired) electrons. The monoisotopic (exact) mass is 462 g/mol. The van der Waals surface area contributed by atoms with Crippen LogP contribution in [0.15, 0.2) is 72.8 Å². The van der Waals surface area contributed by atoms with Crippen molar-refractivity contribution in [2.24, 2.45) is 0 Å². The van der Waals surface area contributed by atoms with E-state index >= 15 is 0 Å². The number of rotatable bonds is 9. The van der Waals surface area contributed by atoms with Crippen LogP contribution in [-0.2, 0) is 10.3 Å². The third-order valence-corrected chi connectivity index (χ3v) is 5.79. The van der Waals surface area contributed by atoms with Gasteiger partial charge in [0.15, 0.2) is 5.54 Å². The number of ether oxygens (including phenoxy) is 4. The summed E-state index contributed by atoms with van der Waals surface area (Å²) in [6.45, 7) is 0.234. The van der Waals surface area contributed by atoms with E-state index in [9.17, 15) is 9.59 Å². The predicted octanol–water partition coefficient (Wildman–Crippen LogP) is 3.59. The molecule has 0 spiro atoms. The number of amides is 3. The minimum absolute atomic E-state index is 0.0881. The zero-order chi connectivity index (χ0) is 24.1. The number of benzene rings is 3. The van der Waals surface area contributed by atoms with Gasteiger partial charge in [-0.2, -0.15) is 0 Å². The van der Waals surface area contributed by atoms with Gasteiger partial charge in [-0.05, 0) is 59.7 Å². The summed E-state index contributed by atoms with van der Waals surface area (Å²) >= 11 is 0. The maximum atomic E-state index is 13.8. The molecule has 0 unspecified atom stereocenters. The van der Waals surface area contributed by atoms with Crippen LogP contribution in [0.3, 0.4) is 0 Å². The van der Waals surface area contributed by atoms with Crippen LogP contribution in [0.2, 0.25) is 0 Å². The Morgan fingerprint density at radius 2 is 1.09 bits per heavy atom. The van der Waals surface area contributed by atoms with Crippen LogP contribution in [0, 0.1) is 0 Å². The third kappa shape index (κ3) is 4.22. The second kappa shape index (κ2) is 9.74. The van der Waals surface area contributed by atoms with E-state index in [1.54, 1.807) is 94.1 Å². The Balaban J connectivity index is 1.60. The molecule has 1 aliphatic heterocycles. The van der Waals surface area contributed by atoms with E-state index in [4.69, 9.17) is 18.9 Å². The molecule has 1 N–H and O–H groups in total. The molecule has 0 bridgehead atoms. The lowest BCUT2D eigenvalue weighted by Gasteiger charge is -2.28. The summed E-state index contributed by atoms with van der Waals surface area (Å²) in [6, 6.07) is 20.7. The van der Waals surface area contributed by atoms with Crippen molar-refractivity contribution >= 4 is 11.9 Å². The topological polar surface area (TPSA) is 86.3 Å². The van der Waals surface area contributed by atoms with Gasteiger partial charge in [0.2, 0.25) is 0 Å². The summed E-state index contributed by atoms with van der Waals surface area (Å²) in [7, 11) is 4.73. The van der Waals surface area contributed by atoms with Crippen LogP contribution in [-0.4, -0.2) is 51.3 Å². The number of carbonyl (C=O) groups is 2. The van der Waals surface area contributed by atoms with Gasteiger partial charge >= 0.3 is 6.03 Å². The van der Waals surface area contributed by atoms with Gasteiger partial charge < -0.3 is 24.3 Å². The molecule has 8 nitrogen and oxygen atoms in total. The number of urea groups is 1. The first-order valence-corrected chi connectivity index (χ1v) is 10.7. The van der Waals surface area contributed by atoms with Crippen molar-refractivity contribution in [1.29, 1.82) is 0 Å². The molecular formula is C26H26N2O6. The molecule has 4 rings (SSSR count). The summed E-state index contributed by atoms with van der Waals surface area (Å²) in [6.07, 6.45) is 0. The second-order valence-electron chi connectivity index (χ2n) is 7.62. The lowest BCUT2D eigenvalue weighted by atomic mass is 9.82. The van der Waals surface area contributed by atoms with Crippen molar-refractivity contribution in [3.8, 4) is 23.0 Å². The molecule has 0 atom stereocenters. The lowest BCUT2D eigenvalue weighted by Crippen LogP contribution is -2.45. The minimum Gasteiger partial charge on any atom is -0.497 e. The van der Waals surface area contributed by atoms with Crippen LogP contribution in [0.4, 0.5) is 4.79 Å². The number of carbonyl (C=O) groups excluding carboxylic acids is 2. The molecular weight excluding hydrogens is 436 g/mol. The summed E-state index contributed by atoms with van der Waals surface area (Å²) < 4.78 is 21.4. The standard InChI is InChI=1S/C26H26N2O6/c1-31-20-8-4-18(5-9-20)26(19-6-10-21(32-2)11-7-19)24(29)28(25(30)27-26)16-17-34-23-14-12-22(33-3)13-15-23/h4-15H,16-17H2,1-3H3,(H,27,30). The fraction of sp³-hybridized carbons (Fsp3) is 0.231. The van der Waals surface area contributed by atoms with Gasteiger partial charge in [0.05, 0.1) is 27.9 Å². The molecule has 3 aromatic rings. The summed E-state index contributed by atoms with van der Waals surface area (Å²) in [5, 5.41) is 2.92. The molecule has 1 heterocycles. The molecule has 34 heavy (non-hydrogen) atoms. The smallest absolute Gasteiger partial charge is 0.325 e. The van der Waals surface area contributed by atoms with Crippen molar-refractivity contribution in [2.45, 2.75) is 5.54 Å². The van der Waals surface area contributed by atoms with E-state index in [1.807, 2.05) is 0 Å². The molecule has 8 heteroatoms. The highest BCUT2D eigenvalue weighted by atomic mass is 16.5. The second-order valence-corrected chi connectivity index (χ2v) is 7.62. The van der Waals surface area contributed by atoms with E-state index in [2.05, 4.69) is 5.32 Å². The zero-order valence-electron chi connectivity index (χ0n) is 19.2. The first kappa shape index (κ1) is 23.0. The van der Waals surface area contributed by atoms with Crippen LogP contribution >= 0.6 is 0 Å². The quantitative estimate of drug-likeness (QED) is 0.489. The van der Waals surface area contributed by atoms with Gasteiger partial charge in [0.1, 0.15) is 29.6 Å². The first-order valence-electron chi connectivity index (χ1n) is 10.7. The van der Waals surface area contributed by atoms with Crippen molar-refractivity contribution in [3.63, 3.8) is 0 Å². The highest BCUT2D eigenvalue weighted by Crippen LogP contribution is 2.37. The third-order valence-electron chi connectivity index (χ3n) is 5.79. The predicted molar refractivity (Wildman–Crippen MR) is 126 cm³/mol. The number of imide groups is 1. The van der Waals surface area contributed by atoms with Crippen LogP contribution in [0.1, 0.15) is 11.1 Å². The van der Waals surface area contributed by atoms with Gasteiger partial charge in [-0.15, -0.1) is 0 Å². The Kier molecular flexibility index (Phi) is 6.58. The molecule has 1 fully saturated rings. The number of nitrogens with one attached hydrogen (secondary N) is 1. The minimum atomic E-state index is -1.38. The highest BCUT2D eigenvalue weighted by Gasteiger charge is 2.53. The van der Waals surface area contributed by atoms with Crippen LogP contribution < -0.4 is 24.3 Å². The maximum absolute atomic E-state index is 13.8. The van der Waals surface area contributed by atoms with E-state index in [-0.39, 0.29) is 19.1 Å². The van der Waals surface area contributed by atoms with E-state index in [1.165, 1.54) is 4.90 Å². The number of hydrogen-bond acceptors (Lipinski definition) is 6. The number of nitrogens with zero attached hydrogens (tertiary/aromatic N) is 1. The average molecular weight is 463 g/mol. The molecule has 3 aromatic carbocycles. The number of hydrogen-bond donors (Lipinski definition) is 1. The normalized spacial score (nSPS) is 14.5. The molecule has 1 saturated heterocycles. The van der Waals surface area contributed by atoms with Gasteiger partial charge in [-0.25, -0.2) is 4.79 Å². The van der Waals surface area contributed by atoms with E-state index in [0.717, 1.165) is 0 Å². The summed E-state index contributed by atoms with van der Waals surface area (Å²) in [4.78, 5) is 28.0. The van der Waals surface area contributed by atoms with Crippen LogP contribution in [0.5, 0.6) is 23.0 Å². The summed E-state index contributed by atoms with van der Waals surface area (Å²) in [5.41, 5.74) is -0.138. The summed E-state index contributed by atoms with van der Waals surface area (Å²) in [5.74, 6) is 2.24. The van der Waals surface area contributed by atoms with E-state index < -0.39 is 11.6 Å². The fourth-order valence-corrected chi connectivity index (χ4v) is 3.95. The molecule has 1 aliphatic rings. The SMILES string of the molecule is COc1ccc(OCCN2C(=O)NC(c3ccc(OC)cc3)(c3ccc(OC)cc3)C2=O)cc1. The maximum Gasteiger partial charge on any atom is 0.325 e. The largest absolute Gasteiger partial charge is 0.497 e. The Bertz CT molecular complexity index is 1100. The van der Waals surface area contributed by atoms with Gasteiger partial charge in [-0.1, -0.05) is 24.3 Å². The first-order chi connectivity index (χ1) is 16.5. The van der Waals surface area contributed by atoms with Gasteiger partial charge in [-0.3, -0.25) is 9.69 Å². The molecule has 0 saturated carbocycles. The zero-order valence-corrected chi connectivity index (χ0v) is 19.2. The Labute approximate surface area is 198 Å². The highest BCUT2D eigenvalue weighted by molar-refractivity contribution is 6.09. The lowest BCUT2D eigenvalue weighted by molar-refractivity contribution is -0.130. The van der Waals surface area contributed by atoms with Crippen molar-refractivity contribution in [2.75, 3.05) is 34.5 Å². The molecule has 0 aliphatic carbocycles. The molecule has 176 valence electrons. The van der Waals surface area contributed by atoms with Crippen molar-refractivity contribution < 1.29 is 28.5 Å². The van der Waals surface area contributed by atoms with Crippen molar-refractivity contribution in [1.82, 2.24) is 10.2 Å². The van der Waals surface area contributed by atoms with E-state index in [0.29, 0.717) is 34.1 Å². The Hall–Kier alpha value is -4.20. The number of methoxy groups -OCH3 is 3. The van der Waals surface area contributed by atoms with Gasteiger partial charge in [0.25, 0.3) is 5.91 Å². The Morgan fingerprint density at radius 1 is 0.676 bits per heavy atom. The fourth-order valence-electron chi connectivity index (χ4n) is 3.95. The van der Waals surface area contributed by atoms with Gasteiger partial charge in [0, 0.05) is 0 Å². The Morgan fingerprint density at radius 3 is 1.53 bits per heavy atom.